The van der Waals surface area contributed by atoms with Crippen LogP contribution < -0.4 is 5.56 Å². The zero-order valence-electron chi connectivity index (χ0n) is 18.6. The van der Waals surface area contributed by atoms with Crippen molar-refractivity contribution >= 4 is 22.4 Å². The van der Waals surface area contributed by atoms with E-state index in [2.05, 4.69) is 28.1 Å². The lowest BCUT2D eigenvalue weighted by Crippen LogP contribution is -2.34. The summed E-state index contributed by atoms with van der Waals surface area (Å²) < 4.78 is 15.0. The summed E-state index contributed by atoms with van der Waals surface area (Å²) in [6.45, 7) is 4.78. The molecule has 6 heteroatoms. The highest BCUT2D eigenvalue weighted by molar-refractivity contribution is 7.15. The van der Waals surface area contributed by atoms with E-state index in [1.165, 1.54) is 34.6 Å². The number of aromatic nitrogens is 2. The first-order valence-electron chi connectivity index (χ1n) is 11.3. The number of fused-ring (bicyclic) bond motifs is 1. The molecule has 5 rings (SSSR count). The quantitative estimate of drug-likeness (QED) is 0.390. The second-order valence-corrected chi connectivity index (χ2v) is 9.40. The topological polar surface area (TPSA) is 37.6 Å². The fourth-order valence-corrected chi connectivity index (χ4v) is 5.27. The molecule has 0 bridgehead atoms. The molecule has 1 aliphatic heterocycles. The molecule has 0 atom stereocenters. The molecular weight excluding hydrogens is 433 g/mol. The highest BCUT2D eigenvalue weighted by atomic mass is 32.1. The Morgan fingerprint density at radius 2 is 1.85 bits per heavy atom. The van der Waals surface area contributed by atoms with Crippen molar-refractivity contribution < 1.29 is 4.39 Å². The third kappa shape index (κ3) is 4.68. The molecule has 0 aliphatic carbocycles. The van der Waals surface area contributed by atoms with E-state index in [-0.39, 0.29) is 11.4 Å². The van der Waals surface area contributed by atoms with Gasteiger partial charge in [-0.2, -0.15) is 0 Å². The number of halogens is 1. The number of nitrogens with zero attached hydrogens (tertiary/aromatic N) is 3. The fourth-order valence-electron chi connectivity index (χ4n) is 4.52. The number of rotatable bonds is 5. The third-order valence-electron chi connectivity index (χ3n) is 6.42. The van der Waals surface area contributed by atoms with E-state index in [0.717, 1.165) is 66.2 Å². The van der Waals surface area contributed by atoms with E-state index >= 15 is 0 Å². The second kappa shape index (κ2) is 9.41. The van der Waals surface area contributed by atoms with Crippen molar-refractivity contribution in [3.8, 4) is 11.1 Å². The Balaban J connectivity index is 1.25. The number of thiazole rings is 1. The molecule has 2 aromatic heterocycles. The standard InChI is InChI=1S/C27H26FN3OS/c1-19-24(26(32)31-16-17-33-27(31)29-19)12-15-30-13-10-20(11-14-30)18-22-4-2-3-5-25(22)21-6-8-23(28)9-7-21/h2-9,16-18H,10-15H2,1H3. The van der Waals surface area contributed by atoms with Crippen LogP contribution in [0, 0.1) is 12.7 Å². The van der Waals surface area contributed by atoms with E-state index in [1.807, 2.05) is 36.6 Å². The Kier molecular flexibility index (Phi) is 6.20. The maximum absolute atomic E-state index is 13.3. The predicted molar refractivity (Wildman–Crippen MR) is 133 cm³/mol. The van der Waals surface area contributed by atoms with Gasteiger partial charge in [0.25, 0.3) is 5.56 Å². The summed E-state index contributed by atoms with van der Waals surface area (Å²) in [4.78, 5) is 20.6. The lowest BCUT2D eigenvalue weighted by Gasteiger charge is -2.28. The lowest BCUT2D eigenvalue weighted by molar-refractivity contribution is 0.260. The van der Waals surface area contributed by atoms with Crippen molar-refractivity contribution in [2.24, 2.45) is 0 Å². The molecule has 1 aliphatic rings. The molecule has 0 N–H and O–H groups in total. The van der Waals surface area contributed by atoms with Gasteiger partial charge in [0, 0.05) is 42.5 Å². The first-order chi connectivity index (χ1) is 16.1. The molecule has 1 fully saturated rings. The predicted octanol–water partition coefficient (Wildman–Crippen LogP) is 5.59. The van der Waals surface area contributed by atoms with E-state index < -0.39 is 0 Å². The molecule has 1 saturated heterocycles. The Morgan fingerprint density at radius 1 is 1.09 bits per heavy atom. The summed E-state index contributed by atoms with van der Waals surface area (Å²) in [5.41, 5.74) is 6.48. The number of aryl methyl sites for hydroxylation is 1. The van der Waals surface area contributed by atoms with Gasteiger partial charge in [-0.25, -0.2) is 9.37 Å². The zero-order valence-corrected chi connectivity index (χ0v) is 19.4. The van der Waals surface area contributed by atoms with Crippen LogP contribution in [0.5, 0.6) is 0 Å². The molecule has 2 aromatic carbocycles. The number of hydrogen-bond acceptors (Lipinski definition) is 4. The highest BCUT2D eigenvalue weighted by Gasteiger charge is 2.17. The monoisotopic (exact) mass is 459 g/mol. The first-order valence-corrected chi connectivity index (χ1v) is 12.2. The molecule has 3 heterocycles. The van der Waals surface area contributed by atoms with Gasteiger partial charge in [0.2, 0.25) is 0 Å². The molecule has 0 unspecified atom stereocenters. The minimum atomic E-state index is -0.217. The molecule has 0 spiro atoms. The van der Waals surface area contributed by atoms with E-state index in [0.29, 0.717) is 0 Å². The van der Waals surface area contributed by atoms with E-state index in [1.54, 1.807) is 10.6 Å². The lowest BCUT2D eigenvalue weighted by atomic mass is 9.95. The van der Waals surface area contributed by atoms with Crippen LogP contribution in [0.4, 0.5) is 4.39 Å². The molecule has 4 nitrogen and oxygen atoms in total. The van der Waals surface area contributed by atoms with Crippen molar-refractivity contribution in [3.05, 3.63) is 98.7 Å². The molecule has 0 amide bonds. The summed E-state index contributed by atoms with van der Waals surface area (Å²) >= 11 is 1.49. The Labute approximate surface area is 196 Å². The van der Waals surface area contributed by atoms with Crippen LogP contribution in [0.15, 0.2) is 70.5 Å². The number of piperidine rings is 1. The fraction of sp³-hybridized carbons (Fsp3) is 0.259. The van der Waals surface area contributed by atoms with Gasteiger partial charge < -0.3 is 4.90 Å². The van der Waals surface area contributed by atoms with Crippen LogP contribution in [-0.4, -0.2) is 33.9 Å². The van der Waals surface area contributed by atoms with E-state index in [4.69, 9.17) is 0 Å². The highest BCUT2D eigenvalue weighted by Crippen LogP contribution is 2.28. The Hall–Kier alpha value is -3.09. The number of likely N-dealkylation sites (tertiary alicyclic amines) is 1. The average Bonchev–Trinajstić information content (AvgIpc) is 3.30. The second-order valence-electron chi connectivity index (χ2n) is 8.52. The van der Waals surface area contributed by atoms with Crippen LogP contribution in [-0.2, 0) is 6.42 Å². The van der Waals surface area contributed by atoms with Gasteiger partial charge in [0.1, 0.15) is 5.82 Å². The number of benzene rings is 2. The average molecular weight is 460 g/mol. The molecule has 4 aromatic rings. The van der Waals surface area contributed by atoms with Gasteiger partial charge in [0.05, 0.1) is 0 Å². The third-order valence-corrected chi connectivity index (χ3v) is 7.18. The van der Waals surface area contributed by atoms with Crippen molar-refractivity contribution in [2.45, 2.75) is 26.2 Å². The smallest absolute Gasteiger partial charge is 0.261 e. The van der Waals surface area contributed by atoms with Gasteiger partial charge in [-0.15, -0.1) is 11.3 Å². The summed E-state index contributed by atoms with van der Waals surface area (Å²) in [5, 5.41) is 1.90. The van der Waals surface area contributed by atoms with Crippen molar-refractivity contribution in [1.29, 1.82) is 0 Å². The Bertz CT molecular complexity index is 1360. The Morgan fingerprint density at radius 3 is 2.64 bits per heavy atom. The van der Waals surface area contributed by atoms with Gasteiger partial charge in [-0.3, -0.25) is 9.20 Å². The van der Waals surface area contributed by atoms with Crippen molar-refractivity contribution in [1.82, 2.24) is 14.3 Å². The number of hydrogen-bond donors (Lipinski definition) is 0. The van der Waals surface area contributed by atoms with Crippen molar-refractivity contribution in [2.75, 3.05) is 19.6 Å². The van der Waals surface area contributed by atoms with Gasteiger partial charge in [0.15, 0.2) is 4.96 Å². The van der Waals surface area contributed by atoms with Crippen LogP contribution >= 0.6 is 11.3 Å². The van der Waals surface area contributed by atoms with Gasteiger partial charge >= 0.3 is 0 Å². The van der Waals surface area contributed by atoms with Gasteiger partial charge in [-0.1, -0.05) is 48.0 Å². The van der Waals surface area contributed by atoms with Crippen LogP contribution in [0.25, 0.3) is 22.2 Å². The SMILES string of the molecule is Cc1nc2sccn2c(=O)c1CCN1CCC(=Cc2ccccc2-c2ccc(F)cc2)CC1. The summed E-state index contributed by atoms with van der Waals surface area (Å²) in [5.74, 6) is -0.217. The maximum Gasteiger partial charge on any atom is 0.261 e. The van der Waals surface area contributed by atoms with Crippen LogP contribution in [0.2, 0.25) is 0 Å². The summed E-state index contributed by atoms with van der Waals surface area (Å²) in [6, 6.07) is 15.0. The van der Waals surface area contributed by atoms with E-state index in [9.17, 15) is 9.18 Å². The summed E-state index contributed by atoms with van der Waals surface area (Å²) in [6.07, 6.45) is 6.85. The molecule has 33 heavy (non-hydrogen) atoms. The minimum absolute atomic E-state index is 0.0637. The normalized spacial score (nSPS) is 14.7. The van der Waals surface area contributed by atoms with Crippen LogP contribution in [0.1, 0.15) is 29.7 Å². The zero-order chi connectivity index (χ0) is 22.8. The van der Waals surface area contributed by atoms with Gasteiger partial charge in [-0.05, 0) is 55.0 Å². The van der Waals surface area contributed by atoms with Crippen molar-refractivity contribution in [3.63, 3.8) is 0 Å². The molecule has 0 saturated carbocycles. The maximum atomic E-state index is 13.3. The minimum Gasteiger partial charge on any atom is -0.302 e. The summed E-state index contributed by atoms with van der Waals surface area (Å²) in [7, 11) is 0. The molecular formula is C27H26FN3OS. The molecule has 0 radical (unpaired) electrons. The molecule has 168 valence electrons. The largest absolute Gasteiger partial charge is 0.302 e. The van der Waals surface area contributed by atoms with Crippen LogP contribution in [0.3, 0.4) is 0 Å². The first kappa shape index (κ1) is 21.7.